The molecule has 0 atom stereocenters. The number of phosphoric ester groups is 1. The lowest BCUT2D eigenvalue weighted by Crippen LogP contribution is -2.37. The van der Waals surface area contributed by atoms with E-state index in [1.165, 1.54) is 0 Å². The van der Waals surface area contributed by atoms with Gasteiger partial charge in [0.15, 0.2) is 0 Å². The van der Waals surface area contributed by atoms with Gasteiger partial charge >= 0.3 is 7.82 Å². The molecule has 0 aliphatic rings. The third-order valence-electron chi connectivity index (χ3n) is 1.94. The highest BCUT2D eigenvalue weighted by atomic mass is 35.5. The average molecular weight is 447 g/mol. The standard InChI is InChI=1S/C9H15Cl6O5P/c10-1-7(2-11)18-21(17,19-8(3-12)4-13)20-9(16,5-14)6-15/h7-8,16H,1-6H2. The van der Waals surface area contributed by atoms with Gasteiger partial charge in [0.05, 0.1) is 47.5 Å². The molecule has 0 saturated carbocycles. The molecule has 0 saturated heterocycles. The molecule has 21 heavy (non-hydrogen) atoms. The Kier molecular flexibility index (Phi) is 12.4. The van der Waals surface area contributed by atoms with E-state index in [0.717, 1.165) is 0 Å². The number of halogens is 6. The van der Waals surface area contributed by atoms with Crippen LogP contribution in [0.2, 0.25) is 0 Å². The zero-order chi connectivity index (χ0) is 16.5. The summed E-state index contributed by atoms with van der Waals surface area (Å²) in [5.74, 6) is -3.36. The molecule has 0 aromatic carbocycles. The Balaban J connectivity index is 5.19. The monoisotopic (exact) mass is 444 g/mol. The van der Waals surface area contributed by atoms with E-state index in [-0.39, 0.29) is 23.5 Å². The molecule has 0 heterocycles. The van der Waals surface area contributed by atoms with Gasteiger partial charge in [-0.15, -0.1) is 69.6 Å². The molecule has 0 amide bonds. The van der Waals surface area contributed by atoms with Gasteiger partial charge in [-0.05, 0) is 0 Å². The van der Waals surface area contributed by atoms with Gasteiger partial charge in [0.25, 0.3) is 0 Å². The van der Waals surface area contributed by atoms with Crippen molar-refractivity contribution in [2.45, 2.75) is 18.0 Å². The molecule has 5 nitrogen and oxygen atoms in total. The van der Waals surface area contributed by atoms with Crippen LogP contribution in [0, 0.1) is 0 Å². The summed E-state index contributed by atoms with van der Waals surface area (Å²) in [6, 6.07) is 0. The van der Waals surface area contributed by atoms with Crippen LogP contribution in [0.5, 0.6) is 0 Å². The van der Waals surface area contributed by atoms with Crippen LogP contribution in [-0.2, 0) is 18.1 Å². The molecule has 1 N–H and O–H groups in total. The maximum Gasteiger partial charge on any atom is 0.478 e. The summed E-state index contributed by atoms with van der Waals surface area (Å²) in [5.41, 5.74) is 0. The highest BCUT2D eigenvalue weighted by molar-refractivity contribution is 7.48. The molecule has 0 fully saturated rings. The number of hydrogen-bond donors (Lipinski definition) is 1. The van der Waals surface area contributed by atoms with E-state index in [1.54, 1.807) is 0 Å². The first kappa shape index (κ1) is 22.8. The quantitative estimate of drug-likeness (QED) is 0.279. The van der Waals surface area contributed by atoms with Gasteiger partial charge < -0.3 is 5.11 Å². The molecule has 0 radical (unpaired) electrons. The summed E-state index contributed by atoms with van der Waals surface area (Å²) >= 11 is 33.5. The Morgan fingerprint density at radius 2 is 1.19 bits per heavy atom. The Bertz CT molecular complexity index is 306. The summed E-state index contributed by atoms with van der Waals surface area (Å²) < 4.78 is 27.8. The zero-order valence-electron chi connectivity index (χ0n) is 10.7. The molecule has 0 aromatic rings. The van der Waals surface area contributed by atoms with Crippen LogP contribution in [-0.4, -0.2) is 58.4 Å². The van der Waals surface area contributed by atoms with Crippen molar-refractivity contribution in [1.82, 2.24) is 0 Å². The van der Waals surface area contributed by atoms with Crippen molar-refractivity contribution in [1.29, 1.82) is 0 Å². The smallest absolute Gasteiger partial charge is 0.363 e. The van der Waals surface area contributed by atoms with Gasteiger partial charge in [-0.3, -0.25) is 13.6 Å². The number of rotatable bonds is 12. The van der Waals surface area contributed by atoms with Crippen LogP contribution in [0.4, 0.5) is 0 Å². The fourth-order valence-corrected chi connectivity index (χ4v) is 4.44. The first-order chi connectivity index (χ1) is 9.81. The van der Waals surface area contributed by atoms with Crippen molar-refractivity contribution >= 4 is 77.4 Å². The number of phosphoric acid groups is 1. The second-order valence-corrected chi connectivity index (χ2v) is 7.09. The number of aliphatic hydroxyl groups is 1. The number of alkyl halides is 6. The minimum absolute atomic E-state index is 0.0766. The molecule has 0 aromatic heterocycles. The third-order valence-corrected chi connectivity index (χ3v) is 5.83. The molecule has 128 valence electrons. The Morgan fingerprint density at radius 1 is 0.857 bits per heavy atom. The fourth-order valence-electron chi connectivity index (χ4n) is 0.921. The lowest BCUT2D eigenvalue weighted by Gasteiger charge is -2.31. The van der Waals surface area contributed by atoms with Crippen molar-refractivity contribution in [3.05, 3.63) is 0 Å². The second-order valence-electron chi connectivity index (χ2n) is 3.82. The first-order valence-electron chi connectivity index (χ1n) is 5.57. The van der Waals surface area contributed by atoms with Crippen molar-refractivity contribution in [3.63, 3.8) is 0 Å². The van der Waals surface area contributed by atoms with E-state index in [9.17, 15) is 9.67 Å². The maximum atomic E-state index is 12.6. The van der Waals surface area contributed by atoms with Gasteiger partial charge in [0.1, 0.15) is 0 Å². The zero-order valence-corrected chi connectivity index (χ0v) is 16.1. The molecular formula is C9H15Cl6O5P. The normalized spacial score (nSPS) is 13.4. The largest absolute Gasteiger partial charge is 0.478 e. The second kappa shape index (κ2) is 11.4. The molecular weight excluding hydrogens is 432 g/mol. The highest BCUT2D eigenvalue weighted by Crippen LogP contribution is 2.55. The fraction of sp³-hybridized carbons (Fsp3) is 1.00. The lowest BCUT2D eigenvalue weighted by molar-refractivity contribution is -0.122. The van der Waals surface area contributed by atoms with E-state index in [1.807, 2.05) is 0 Å². The van der Waals surface area contributed by atoms with Gasteiger partial charge in [-0.2, -0.15) is 0 Å². The van der Waals surface area contributed by atoms with Crippen molar-refractivity contribution in [3.8, 4) is 0 Å². The minimum Gasteiger partial charge on any atom is -0.363 e. The Morgan fingerprint density at radius 3 is 1.43 bits per heavy atom. The van der Waals surface area contributed by atoms with Crippen molar-refractivity contribution in [2.24, 2.45) is 0 Å². The molecule has 0 aliphatic heterocycles. The summed E-state index contributed by atoms with van der Waals surface area (Å²) in [5, 5.41) is 9.93. The van der Waals surface area contributed by atoms with Crippen molar-refractivity contribution < 1.29 is 23.2 Å². The average Bonchev–Trinajstić information content (AvgIpc) is 2.50. The van der Waals surface area contributed by atoms with E-state index >= 15 is 0 Å². The highest BCUT2D eigenvalue weighted by Gasteiger charge is 2.42. The van der Waals surface area contributed by atoms with Crippen LogP contribution < -0.4 is 0 Å². The first-order valence-corrected chi connectivity index (χ1v) is 10.2. The Labute approximate surface area is 153 Å². The molecule has 0 bridgehead atoms. The summed E-state index contributed by atoms with van der Waals surface area (Å²) in [7, 11) is -4.31. The van der Waals surface area contributed by atoms with E-state index in [4.69, 9.17) is 83.2 Å². The summed E-state index contributed by atoms with van der Waals surface area (Å²) in [4.78, 5) is 0. The topological polar surface area (TPSA) is 65.0 Å². The molecule has 0 unspecified atom stereocenters. The van der Waals surface area contributed by atoms with Gasteiger partial charge in [0, 0.05) is 0 Å². The van der Waals surface area contributed by atoms with Gasteiger partial charge in [0.2, 0.25) is 5.79 Å². The van der Waals surface area contributed by atoms with Gasteiger partial charge in [-0.1, -0.05) is 0 Å². The molecule has 0 rings (SSSR count). The summed E-state index contributed by atoms with van der Waals surface area (Å²) in [6.45, 7) is 0. The van der Waals surface area contributed by atoms with Crippen LogP contribution in [0.15, 0.2) is 0 Å². The molecule has 0 spiro atoms. The van der Waals surface area contributed by atoms with Crippen molar-refractivity contribution in [2.75, 3.05) is 35.3 Å². The molecule has 0 aliphatic carbocycles. The Hall–Kier alpha value is 1.81. The van der Waals surface area contributed by atoms with E-state index < -0.39 is 37.6 Å². The van der Waals surface area contributed by atoms with E-state index in [0.29, 0.717) is 0 Å². The van der Waals surface area contributed by atoms with Crippen LogP contribution in [0.25, 0.3) is 0 Å². The summed E-state index contributed by atoms with van der Waals surface area (Å²) in [6.07, 6.45) is -1.69. The van der Waals surface area contributed by atoms with E-state index in [2.05, 4.69) is 0 Å². The lowest BCUT2D eigenvalue weighted by atomic mass is 10.4. The number of hydrogen-bond acceptors (Lipinski definition) is 5. The maximum absolute atomic E-state index is 12.6. The van der Waals surface area contributed by atoms with Gasteiger partial charge in [-0.25, -0.2) is 4.57 Å². The predicted molar refractivity (Wildman–Crippen MR) is 87.7 cm³/mol. The molecule has 12 heteroatoms. The van der Waals surface area contributed by atoms with Crippen LogP contribution in [0.1, 0.15) is 0 Å². The SMILES string of the molecule is O=P(OC(CCl)CCl)(OC(CCl)CCl)OC(O)(CCl)CCl. The third kappa shape index (κ3) is 8.46. The minimum atomic E-state index is -4.31. The van der Waals surface area contributed by atoms with Crippen LogP contribution in [0.3, 0.4) is 0 Å². The van der Waals surface area contributed by atoms with Crippen LogP contribution >= 0.6 is 77.4 Å². The predicted octanol–water partition coefficient (Wildman–Crippen LogP) is 4.00.